The fourth-order valence-corrected chi connectivity index (χ4v) is 2.41. The van der Waals surface area contributed by atoms with E-state index in [4.69, 9.17) is 23.6 Å². The summed E-state index contributed by atoms with van der Waals surface area (Å²) in [5.74, 6) is 1.05. The minimum atomic E-state index is 0.615. The third-order valence-electron chi connectivity index (χ3n) is 1.24. The zero-order valence-corrected chi connectivity index (χ0v) is 8.66. The number of hydrogen-bond acceptors (Lipinski definition) is 4. The van der Waals surface area contributed by atoms with Crippen LogP contribution in [-0.4, -0.2) is 38.9 Å². The van der Waals surface area contributed by atoms with Crippen LogP contribution >= 0.6 is 35.5 Å². The minimum Gasteiger partial charge on any atom is -0.220 e. The van der Waals surface area contributed by atoms with E-state index in [1.54, 1.807) is 20.8 Å². The van der Waals surface area contributed by atoms with Gasteiger partial charge in [0.05, 0.1) is 20.0 Å². The molecule has 0 unspecified atom stereocenters. The second-order valence-electron chi connectivity index (χ2n) is 2.25. The second kappa shape index (κ2) is 4.74. The van der Waals surface area contributed by atoms with Gasteiger partial charge in [0.15, 0.2) is 0 Å². The Bertz CT molecular complexity index is 116. The van der Waals surface area contributed by atoms with E-state index in [9.17, 15) is 0 Å². The lowest BCUT2D eigenvalue weighted by Crippen LogP contribution is -2.44. The third-order valence-corrected chi connectivity index (χ3v) is 2.52. The first-order valence-corrected chi connectivity index (χ1v) is 5.03. The summed E-state index contributed by atoms with van der Waals surface area (Å²) in [6.07, 6.45) is 0. The molecular weight excluding hydrogens is 205 g/mol. The predicted octanol–water partition coefficient (Wildman–Crippen LogP) is 1.75. The summed E-state index contributed by atoms with van der Waals surface area (Å²) in [6, 6.07) is 0. The molecule has 0 radical (unpaired) electrons. The molecule has 0 amide bonds. The molecule has 0 aromatic rings. The molecule has 1 heterocycles. The molecule has 0 N–H and O–H groups in total. The highest BCUT2D eigenvalue weighted by molar-refractivity contribution is 7.96. The quantitative estimate of drug-likeness (QED) is 0.513. The Morgan fingerprint density at radius 1 is 1.18 bits per heavy atom. The van der Waals surface area contributed by atoms with Gasteiger partial charge >= 0.3 is 0 Å². The molecule has 0 spiro atoms. The maximum atomic E-state index is 5.79. The van der Waals surface area contributed by atoms with Gasteiger partial charge in [-0.1, -0.05) is 18.9 Å². The van der Waals surface area contributed by atoms with E-state index >= 15 is 0 Å². The Morgan fingerprint density at radius 2 is 1.73 bits per heavy atom. The molecule has 1 aliphatic heterocycles. The first-order chi connectivity index (χ1) is 5.22. The molecule has 0 aromatic heterocycles. The maximum absolute atomic E-state index is 5.79. The van der Waals surface area contributed by atoms with E-state index < -0.39 is 0 Å². The SMILES string of the molecule is CCSN1CN(Cl)CN(Cl)C1. The van der Waals surface area contributed by atoms with Gasteiger partial charge in [-0.25, -0.2) is 4.31 Å². The first-order valence-electron chi connectivity index (χ1n) is 3.41. The van der Waals surface area contributed by atoms with Gasteiger partial charge in [-0.15, -0.1) is 0 Å². The predicted molar refractivity (Wildman–Crippen MR) is 50.0 cm³/mol. The molecule has 0 atom stereocenters. The van der Waals surface area contributed by atoms with E-state index in [1.165, 1.54) is 0 Å². The van der Waals surface area contributed by atoms with Crippen LogP contribution < -0.4 is 0 Å². The van der Waals surface area contributed by atoms with Crippen LogP contribution in [0.2, 0.25) is 0 Å². The van der Waals surface area contributed by atoms with Crippen LogP contribution in [0, 0.1) is 0 Å². The van der Waals surface area contributed by atoms with Crippen molar-refractivity contribution in [2.45, 2.75) is 6.92 Å². The Morgan fingerprint density at radius 3 is 2.18 bits per heavy atom. The average Bonchev–Trinajstić information content (AvgIpc) is 1.85. The zero-order chi connectivity index (χ0) is 8.27. The van der Waals surface area contributed by atoms with Crippen molar-refractivity contribution >= 4 is 35.5 Å². The molecule has 1 aliphatic rings. The van der Waals surface area contributed by atoms with Gasteiger partial charge < -0.3 is 0 Å². The Hall–Kier alpha value is 0.810. The number of nitrogens with zero attached hydrogens (tertiary/aromatic N) is 3. The van der Waals surface area contributed by atoms with Gasteiger partial charge in [-0.2, -0.15) is 8.84 Å². The molecule has 1 rings (SSSR count). The third kappa shape index (κ3) is 3.36. The first kappa shape index (κ1) is 9.89. The number of hydrogen-bond donors (Lipinski definition) is 0. The van der Waals surface area contributed by atoms with Crippen molar-refractivity contribution in [2.24, 2.45) is 0 Å². The van der Waals surface area contributed by atoms with Crippen LogP contribution in [0.1, 0.15) is 6.92 Å². The van der Waals surface area contributed by atoms with Crippen molar-refractivity contribution in [3.05, 3.63) is 0 Å². The summed E-state index contributed by atoms with van der Waals surface area (Å²) in [4.78, 5) is 0. The number of rotatable bonds is 2. The maximum Gasteiger partial charge on any atom is 0.0828 e. The van der Waals surface area contributed by atoms with Crippen molar-refractivity contribution < 1.29 is 0 Å². The van der Waals surface area contributed by atoms with Crippen molar-refractivity contribution in [3.8, 4) is 0 Å². The Labute approximate surface area is 81.6 Å². The summed E-state index contributed by atoms with van der Waals surface area (Å²) >= 11 is 13.3. The molecule has 0 saturated carbocycles. The van der Waals surface area contributed by atoms with E-state index in [0.717, 1.165) is 19.1 Å². The van der Waals surface area contributed by atoms with Gasteiger partial charge in [-0.05, 0) is 23.6 Å². The molecule has 11 heavy (non-hydrogen) atoms. The smallest absolute Gasteiger partial charge is 0.0828 e. The van der Waals surface area contributed by atoms with Crippen molar-refractivity contribution in [2.75, 3.05) is 25.8 Å². The van der Waals surface area contributed by atoms with Crippen LogP contribution in [-0.2, 0) is 0 Å². The molecule has 0 aromatic carbocycles. The second-order valence-corrected chi connectivity index (χ2v) is 4.56. The van der Waals surface area contributed by atoms with Crippen LogP contribution in [0.25, 0.3) is 0 Å². The highest BCUT2D eigenvalue weighted by Crippen LogP contribution is 2.18. The fourth-order valence-electron chi connectivity index (χ4n) is 0.907. The van der Waals surface area contributed by atoms with Crippen LogP contribution in [0.4, 0.5) is 0 Å². The largest absolute Gasteiger partial charge is 0.220 e. The average molecular weight is 216 g/mol. The lowest BCUT2D eigenvalue weighted by molar-refractivity contribution is 0.143. The molecule has 0 aliphatic carbocycles. The van der Waals surface area contributed by atoms with E-state index in [-0.39, 0.29) is 0 Å². The fraction of sp³-hybridized carbons (Fsp3) is 1.00. The lowest BCUT2D eigenvalue weighted by Gasteiger charge is -2.34. The molecule has 0 bridgehead atoms. The van der Waals surface area contributed by atoms with Gasteiger partial charge in [0, 0.05) is 5.75 Å². The highest BCUT2D eigenvalue weighted by atomic mass is 35.5. The van der Waals surface area contributed by atoms with E-state index in [1.807, 2.05) is 0 Å². The standard InChI is InChI=1S/C5H11Cl2N3S/c1-2-11-10-4-8(6)3-9(7)5-10/h2-5H2,1H3. The summed E-state index contributed by atoms with van der Waals surface area (Å²) in [7, 11) is 0. The van der Waals surface area contributed by atoms with Gasteiger partial charge in [0.1, 0.15) is 0 Å². The van der Waals surface area contributed by atoms with Crippen molar-refractivity contribution in [3.63, 3.8) is 0 Å². The molecule has 6 heteroatoms. The Balaban J connectivity index is 2.30. The van der Waals surface area contributed by atoms with Crippen LogP contribution in [0.15, 0.2) is 0 Å². The van der Waals surface area contributed by atoms with E-state index in [0.29, 0.717) is 6.67 Å². The lowest BCUT2D eigenvalue weighted by atomic mass is 10.8. The minimum absolute atomic E-state index is 0.615. The van der Waals surface area contributed by atoms with Crippen molar-refractivity contribution in [1.82, 2.24) is 13.1 Å². The normalized spacial score (nSPS) is 24.3. The molecule has 3 nitrogen and oxygen atoms in total. The van der Waals surface area contributed by atoms with Gasteiger partial charge in [0.25, 0.3) is 0 Å². The van der Waals surface area contributed by atoms with Crippen LogP contribution in [0.5, 0.6) is 0 Å². The van der Waals surface area contributed by atoms with Gasteiger partial charge in [-0.3, -0.25) is 0 Å². The molecular formula is C5H11Cl2N3S. The molecule has 66 valence electrons. The summed E-state index contributed by atoms with van der Waals surface area (Å²) < 4.78 is 5.42. The highest BCUT2D eigenvalue weighted by Gasteiger charge is 2.20. The summed E-state index contributed by atoms with van der Waals surface area (Å²) in [5, 5.41) is 0. The monoisotopic (exact) mass is 215 g/mol. The van der Waals surface area contributed by atoms with Crippen LogP contribution in [0.3, 0.4) is 0 Å². The zero-order valence-electron chi connectivity index (χ0n) is 6.33. The summed E-state index contributed by atoms with van der Waals surface area (Å²) in [6.45, 7) is 4.26. The number of halogens is 2. The molecule has 1 fully saturated rings. The molecule has 1 saturated heterocycles. The van der Waals surface area contributed by atoms with Crippen molar-refractivity contribution in [1.29, 1.82) is 0 Å². The topological polar surface area (TPSA) is 9.72 Å². The van der Waals surface area contributed by atoms with Gasteiger partial charge in [0.2, 0.25) is 0 Å². The van der Waals surface area contributed by atoms with E-state index in [2.05, 4.69) is 11.2 Å². The Kier molecular flexibility index (Phi) is 4.27. The summed E-state index contributed by atoms with van der Waals surface area (Å²) in [5.41, 5.74) is 0.